The molecule has 0 amide bonds. The van der Waals surface area contributed by atoms with Gasteiger partial charge >= 0.3 is 0 Å². The lowest BCUT2D eigenvalue weighted by Gasteiger charge is -2.42. The number of hydrogen-bond donors (Lipinski definition) is 1. The van der Waals surface area contributed by atoms with Gasteiger partial charge in [-0.2, -0.15) is 0 Å². The maximum absolute atomic E-state index is 5.24. The highest BCUT2D eigenvalue weighted by molar-refractivity contribution is 4.89. The molecule has 1 fully saturated rings. The Hall–Kier alpha value is -0.0800. The number of nitrogens with one attached hydrogen (secondary N) is 1. The van der Waals surface area contributed by atoms with E-state index in [0.29, 0.717) is 11.5 Å². The Labute approximate surface area is 75.7 Å². The number of rotatable bonds is 5. The average Bonchev–Trinajstić information content (AvgIpc) is 1.94. The van der Waals surface area contributed by atoms with Crippen molar-refractivity contribution in [2.24, 2.45) is 5.41 Å². The summed E-state index contributed by atoms with van der Waals surface area (Å²) in [5.74, 6) is 0. The van der Waals surface area contributed by atoms with Crippen LogP contribution in [-0.2, 0) is 4.74 Å². The molecule has 0 aromatic rings. The number of hydrogen-bond acceptors (Lipinski definition) is 2. The zero-order valence-electron chi connectivity index (χ0n) is 8.52. The van der Waals surface area contributed by atoms with Gasteiger partial charge in [0, 0.05) is 25.1 Å². The van der Waals surface area contributed by atoms with E-state index in [2.05, 4.69) is 19.2 Å². The smallest absolute Gasteiger partial charge is 0.0530 e. The van der Waals surface area contributed by atoms with E-state index in [-0.39, 0.29) is 0 Å². The summed E-state index contributed by atoms with van der Waals surface area (Å²) < 4.78 is 5.24. The predicted octanol–water partition coefficient (Wildman–Crippen LogP) is 1.80. The molecule has 0 aliphatic heterocycles. The van der Waals surface area contributed by atoms with Crippen molar-refractivity contribution in [1.82, 2.24) is 5.32 Å². The Morgan fingerprint density at radius 2 is 2.08 bits per heavy atom. The summed E-state index contributed by atoms with van der Waals surface area (Å²) in [5, 5.41) is 3.49. The van der Waals surface area contributed by atoms with Crippen molar-refractivity contribution in [3.8, 4) is 0 Å². The summed E-state index contributed by atoms with van der Waals surface area (Å²) in [6.45, 7) is 6.43. The minimum atomic E-state index is 0.471. The predicted molar refractivity (Wildman–Crippen MR) is 51.3 cm³/mol. The van der Waals surface area contributed by atoms with Gasteiger partial charge < -0.3 is 10.1 Å². The zero-order chi connectivity index (χ0) is 9.03. The van der Waals surface area contributed by atoms with E-state index in [1.54, 1.807) is 7.11 Å². The van der Waals surface area contributed by atoms with E-state index < -0.39 is 0 Å². The summed E-state index contributed by atoms with van der Waals surface area (Å²) in [4.78, 5) is 0. The largest absolute Gasteiger partial charge is 0.384 e. The number of ether oxygens (including phenoxy) is 1. The van der Waals surface area contributed by atoms with Gasteiger partial charge in [-0.05, 0) is 12.8 Å². The van der Waals surface area contributed by atoms with Crippen molar-refractivity contribution < 1.29 is 4.74 Å². The molecule has 2 heteroatoms. The second-order valence-electron chi connectivity index (χ2n) is 4.32. The van der Waals surface area contributed by atoms with Gasteiger partial charge in [-0.25, -0.2) is 0 Å². The molecule has 2 nitrogen and oxygen atoms in total. The highest BCUT2D eigenvalue weighted by atomic mass is 16.5. The third-order valence-electron chi connectivity index (χ3n) is 2.75. The molecule has 1 aliphatic rings. The van der Waals surface area contributed by atoms with Crippen LogP contribution >= 0.6 is 0 Å². The van der Waals surface area contributed by atoms with Gasteiger partial charge in [-0.1, -0.05) is 20.3 Å². The number of methoxy groups -OCH3 is 1. The van der Waals surface area contributed by atoms with Crippen LogP contribution in [0.5, 0.6) is 0 Å². The van der Waals surface area contributed by atoms with Crippen LogP contribution in [0.15, 0.2) is 0 Å². The topological polar surface area (TPSA) is 21.3 Å². The molecule has 1 aliphatic carbocycles. The molecule has 72 valence electrons. The lowest BCUT2D eigenvalue weighted by Crippen LogP contribution is -2.45. The first-order chi connectivity index (χ1) is 5.68. The third-order valence-corrected chi connectivity index (χ3v) is 2.75. The van der Waals surface area contributed by atoms with Crippen LogP contribution in [0.4, 0.5) is 0 Å². The van der Waals surface area contributed by atoms with Crippen molar-refractivity contribution in [1.29, 1.82) is 0 Å². The summed E-state index contributed by atoms with van der Waals surface area (Å²) in [6.07, 6.45) is 4.05. The third kappa shape index (κ3) is 2.46. The maximum Gasteiger partial charge on any atom is 0.0530 e. The van der Waals surface area contributed by atoms with E-state index >= 15 is 0 Å². The molecule has 0 unspecified atom stereocenters. The molecular formula is C10H21NO. The zero-order valence-corrected chi connectivity index (χ0v) is 8.52. The minimum Gasteiger partial charge on any atom is -0.384 e. The van der Waals surface area contributed by atoms with E-state index in [9.17, 15) is 0 Å². The Morgan fingerprint density at radius 1 is 1.42 bits per heavy atom. The van der Waals surface area contributed by atoms with E-state index in [1.165, 1.54) is 19.3 Å². The first kappa shape index (κ1) is 10.0. The monoisotopic (exact) mass is 171 g/mol. The molecule has 0 atom stereocenters. The van der Waals surface area contributed by atoms with Gasteiger partial charge in [0.05, 0.1) is 6.61 Å². The first-order valence-electron chi connectivity index (χ1n) is 4.91. The molecule has 12 heavy (non-hydrogen) atoms. The lowest BCUT2D eigenvalue weighted by atomic mass is 9.69. The van der Waals surface area contributed by atoms with Crippen molar-refractivity contribution in [2.75, 3.05) is 20.3 Å². The Balaban J connectivity index is 2.24. The SMILES string of the molecule is COCC1(CNC(C)C)CCC1. The van der Waals surface area contributed by atoms with Gasteiger partial charge in [0.1, 0.15) is 0 Å². The fourth-order valence-corrected chi connectivity index (χ4v) is 1.78. The molecule has 0 bridgehead atoms. The normalized spacial score (nSPS) is 21.0. The maximum atomic E-state index is 5.24. The van der Waals surface area contributed by atoms with E-state index in [0.717, 1.165) is 13.2 Å². The van der Waals surface area contributed by atoms with Crippen molar-refractivity contribution >= 4 is 0 Å². The highest BCUT2D eigenvalue weighted by Crippen LogP contribution is 2.40. The quantitative estimate of drug-likeness (QED) is 0.681. The Kier molecular flexibility index (Phi) is 3.53. The fraction of sp³-hybridized carbons (Fsp3) is 1.00. The Bertz CT molecular complexity index is 130. The average molecular weight is 171 g/mol. The van der Waals surface area contributed by atoms with Crippen LogP contribution < -0.4 is 5.32 Å². The van der Waals surface area contributed by atoms with Crippen LogP contribution in [0.2, 0.25) is 0 Å². The fourth-order valence-electron chi connectivity index (χ4n) is 1.78. The van der Waals surface area contributed by atoms with Crippen LogP contribution in [0.25, 0.3) is 0 Å². The second-order valence-corrected chi connectivity index (χ2v) is 4.32. The Morgan fingerprint density at radius 3 is 2.42 bits per heavy atom. The summed E-state index contributed by atoms with van der Waals surface area (Å²) in [6, 6.07) is 0.597. The van der Waals surface area contributed by atoms with Crippen molar-refractivity contribution in [3.63, 3.8) is 0 Å². The molecule has 1 rings (SSSR count). The molecule has 0 spiro atoms. The van der Waals surface area contributed by atoms with Gasteiger partial charge in [-0.3, -0.25) is 0 Å². The summed E-state index contributed by atoms with van der Waals surface area (Å²) >= 11 is 0. The van der Waals surface area contributed by atoms with Gasteiger partial charge in [0.2, 0.25) is 0 Å². The van der Waals surface area contributed by atoms with Crippen LogP contribution in [0.3, 0.4) is 0 Å². The second kappa shape index (κ2) is 4.24. The molecular weight excluding hydrogens is 150 g/mol. The summed E-state index contributed by atoms with van der Waals surface area (Å²) in [7, 11) is 1.80. The lowest BCUT2D eigenvalue weighted by molar-refractivity contribution is 0.0166. The van der Waals surface area contributed by atoms with Gasteiger partial charge in [0.25, 0.3) is 0 Å². The van der Waals surface area contributed by atoms with Crippen molar-refractivity contribution in [2.45, 2.75) is 39.2 Å². The van der Waals surface area contributed by atoms with Gasteiger partial charge in [-0.15, -0.1) is 0 Å². The van der Waals surface area contributed by atoms with Crippen LogP contribution in [0, 0.1) is 5.41 Å². The molecule has 0 aromatic heterocycles. The van der Waals surface area contributed by atoms with Gasteiger partial charge in [0.15, 0.2) is 0 Å². The molecule has 0 radical (unpaired) electrons. The van der Waals surface area contributed by atoms with Crippen molar-refractivity contribution in [3.05, 3.63) is 0 Å². The summed E-state index contributed by atoms with van der Waals surface area (Å²) in [5.41, 5.74) is 0.471. The van der Waals surface area contributed by atoms with E-state index in [4.69, 9.17) is 4.74 Å². The standard InChI is InChI=1S/C10H21NO/c1-9(2)11-7-10(8-12-3)5-4-6-10/h9,11H,4-8H2,1-3H3. The van der Waals surface area contributed by atoms with Crippen LogP contribution in [0.1, 0.15) is 33.1 Å². The molecule has 1 N–H and O–H groups in total. The molecule has 1 saturated carbocycles. The molecule has 0 aromatic carbocycles. The van der Waals surface area contributed by atoms with E-state index in [1.807, 2.05) is 0 Å². The van der Waals surface area contributed by atoms with Crippen LogP contribution in [-0.4, -0.2) is 26.3 Å². The molecule has 0 saturated heterocycles. The first-order valence-corrected chi connectivity index (χ1v) is 4.91. The minimum absolute atomic E-state index is 0.471. The highest BCUT2D eigenvalue weighted by Gasteiger charge is 2.36. The molecule has 0 heterocycles.